The Kier molecular flexibility index (Phi) is 4.66. The highest BCUT2D eigenvalue weighted by Crippen LogP contribution is 2.29. The zero-order chi connectivity index (χ0) is 11.4. The fourth-order valence-electron chi connectivity index (χ4n) is 3.33. The van der Waals surface area contributed by atoms with Gasteiger partial charge in [-0.25, -0.2) is 0 Å². The van der Waals surface area contributed by atoms with Gasteiger partial charge in [0.1, 0.15) is 0 Å². The molecule has 0 bridgehead atoms. The fourth-order valence-corrected chi connectivity index (χ4v) is 3.33. The summed E-state index contributed by atoms with van der Waals surface area (Å²) in [5, 5.41) is 10.2. The van der Waals surface area contributed by atoms with Crippen LogP contribution in [0.15, 0.2) is 0 Å². The second kappa shape index (κ2) is 6.02. The number of rotatable bonds is 1. The molecule has 0 aromatic carbocycles. The Bertz CT molecular complexity index is 199. The van der Waals surface area contributed by atoms with Gasteiger partial charge in [-0.3, -0.25) is 4.90 Å². The van der Waals surface area contributed by atoms with E-state index in [1.54, 1.807) is 0 Å². The average molecular weight is 225 g/mol. The van der Waals surface area contributed by atoms with Crippen LogP contribution in [0.25, 0.3) is 0 Å². The predicted octanol–water partition coefficient (Wildman–Crippen LogP) is 2.80. The summed E-state index contributed by atoms with van der Waals surface area (Å²) in [4.78, 5) is 2.58. The largest absolute Gasteiger partial charge is 0.391 e. The number of aliphatic hydroxyl groups excluding tert-OH is 1. The molecule has 1 aliphatic heterocycles. The smallest absolute Gasteiger partial charge is 0.0695 e. The zero-order valence-corrected chi connectivity index (χ0v) is 10.7. The zero-order valence-electron chi connectivity index (χ0n) is 10.7. The van der Waals surface area contributed by atoms with Crippen molar-refractivity contribution < 1.29 is 5.11 Å². The first-order valence-corrected chi connectivity index (χ1v) is 7.19. The lowest BCUT2D eigenvalue weighted by Gasteiger charge is -2.40. The third-order valence-corrected chi connectivity index (χ3v) is 4.40. The van der Waals surface area contributed by atoms with E-state index in [-0.39, 0.29) is 6.10 Å². The molecule has 1 saturated heterocycles. The van der Waals surface area contributed by atoms with Crippen LogP contribution in [0.2, 0.25) is 0 Å². The van der Waals surface area contributed by atoms with E-state index in [0.717, 1.165) is 12.3 Å². The summed E-state index contributed by atoms with van der Waals surface area (Å²) in [7, 11) is 0. The van der Waals surface area contributed by atoms with Gasteiger partial charge in [-0.1, -0.05) is 26.2 Å². The highest BCUT2D eigenvalue weighted by atomic mass is 16.3. The van der Waals surface area contributed by atoms with Crippen molar-refractivity contribution in [3.05, 3.63) is 0 Å². The van der Waals surface area contributed by atoms with Gasteiger partial charge in [0.15, 0.2) is 0 Å². The van der Waals surface area contributed by atoms with E-state index in [1.165, 1.54) is 58.0 Å². The molecule has 2 aliphatic rings. The Morgan fingerprint density at radius 2 is 1.56 bits per heavy atom. The Labute approximate surface area is 100 Å². The maximum atomic E-state index is 10.2. The van der Waals surface area contributed by atoms with Gasteiger partial charge in [0.05, 0.1) is 6.10 Å². The molecule has 94 valence electrons. The maximum Gasteiger partial charge on any atom is 0.0695 e. The standard InChI is InChI=1S/C14H27NO/c1-12-7-8-14(16)13(11-12)15-9-5-3-2-4-6-10-15/h12-14,16H,2-11H2,1H3. The second-order valence-corrected chi connectivity index (χ2v) is 5.86. The van der Waals surface area contributed by atoms with E-state index < -0.39 is 0 Å². The number of hydrogen-bond acceptors (Lipinski definition) is 2. The summed E-state index contributed by atoms with van der Waals surface area (Å²) in [6, 6.07) is 0.460. The molecule has 16 heavy (non-hydrogen) atoms. The van der Waals surface area contributed by atoms with E-state index >= 15 is 0 Å². The highest BCUT2D eigenvalue weighted by molar-refractivity contribution is 4.86. The summed E-state index contributed by atoms with van der Waals surface area (Å²) in [5.41, 5.74) is 0. The Morgan fingerprint density at radius 1 is 0.938 bits per heavy atom. The first-order valence-electron chi connectivity index (χ1n) is 7.19. The highest BCUT2D eigenvalue weighted by Gasteiger charge is 2.31. The molecular weight excluding hydrogens is 198 g/mol. The first kappa shape index (κ1) is 12.4. The fraction of sp³-hybridized carbons (Fsp3) is 1.00. The molecule has 3 unspecified atom stereocenters. The van der Waals surface area contributed by atoms with Gasteiger partial charge in [-0.15, -0.1) is 0 Å². The number of nitrogens with zero attached hydrogens (tertiary/aromatic N) is 1. The topological polar surface area (TPSA) is 23.5 Å². The summed E-state index contributed by atoms with van der Waals surface area (Å²) < 4.78 is 0. The molecule has 1 N–H and O–H groups in total. The molecule has 0 amide bonds. The van der Waals surface area contributed by atoms with Crippen molar-refractivity contribution in [3.63, 3.8) is 0 Å². The molecule has 0 aromatic rings. The Hall–Kier alpha value is -0.0800. The third kappa shape index (κ3) is 3.21. The van der Waals surface area contributed by atoms with Crippen LogP contribution >= 0.6 is 0 Å². The van der Waals surface area contributed by atoms with Crippen LogP contribution < -0.4 is 0 Å². The van der Waals surface area contributed by atoms with Gasteiger partial charge >= 0.3 is 0 Å². The molecule has 1 aliphatic carbocycles. The van der Waals surface area contributed by atoms with E-state index in [9.17, 15) is 5.11 Å². The lowest BCUT2D eigenvalue weighted by atomic mass is 9.83. The molecular formula is C14H27NO. The van der Waals surface area contributed by atoms with Crippen LogP contribution in [0.4, 0.5) is 0 Å². The minimum absolute atomic E-state index is 0.0596. The van der Waals surface area contributed by atoms with Gasteiger partial charge in [-0.2, -0.15) is 0 Å². The average Bonchev–Trinajstić information content (AvgIpc) is 2.22. The van der Waals surface area contributed by atoms with Crippen LogP contribution in [0, 0.1) is 5.92 Å². The van der Waals surface area contributed by atoms with Gasteiger partial charge < -0.3 is 5.11 Å². The SMILES string of the molecule is CC1CCC(O)C(N2CCCCCCC2)C1. The van der Waals surface area contributed by atoms with Gasteiger partial charge in [0.25, 0.3) is 0 Å². The summed E-state index contributed by atoms with van der Waals surface area (Å²) in [6.45, 7) is 4.77. The molecule has 2 nitrogen and oxygen atoms in total. The monoisotopic (exact) mass is 225 g/mol. The number of hydrogen-bond donors (Lipinski definition) is 1. The van der Waals surface area contributed by atoms with Crippen LogP contribution in [-0.2, 0) is 0 Å². The van der Waals surface area contributed by atoms with Gasteiger partial charge in [-0.05, 0) is 51.1 Å². The molecule has 0 aromatic heterocycles. The Morgan fingerprint density at radius 3 is 2.25 bits per heavy atom. The molecule has 3 atom stereocenters. The van der Waals surface area contributed by atoms with Gasteiger partial charge in [0.2, 0.25) is 0 Å². The first-order chi connectivity index (χ1) is 7.77. The second-order valence-electron chi connectivity index (χ2n) is 5.86. The third-order valence-electron chi connectivity index (χ3n) is 4.40. The van der Waals surface area contributed by atoms with Crippen molar-refractivity contribution in [1.29, 1.82) is 0 Å². The number of aliphatic hydroxyl groups is 1. The lowest BCUT2D eigenvalue weighted by Crippen LogP contribution is -2.48. The Balaban J connectivity index is 1.91. The summed E-state index contributed by atoms with van der Waals surface area (Å²) >= 11 is 0. The molecule has 0 spiro atoms. The molecule has 1 heterocycles. The van der Waals surface area contributed by atoms with Crippen molar-refractivity contribution in [2.75, 3.05) is 13.1 Å². The predicted molar refractivity (Wildman–Crippen MR) is 67.5 cm³/mol. The minimum atomic E-state index is -0.0596. The molecule has 2 heteroatoms. The molecule has 2 rings (SSSR count). The quantitative estimate of drug-likeness (QED) is 0.742. The van der Waals surface area contributed by atoms with E-state index in [4.69, 9.17) is 0 Å². The minimum Gasteiger partial charge on any atom is -0.391 e. The van der Waals surface area contributed by atoms with Crippen molar-refractivity contribution in [1.82, 2.24) is 4.90 Å². The van der Waals surface area contributed by atoms with E-state index in [2.05, 4.69) is 11.8 Å². The summed E-state index contributed by atoms with van der Waals surface area (Å²) in [6.07, 6.45) is 10.2. The molecule has 0 radical (unpaired) electrons. The molecule has 2 fully saturated rings. The van der Waals surface area contributed by atoms with Crippen molar-refractivity contribution >= 4 is 0 Å². The van der Waals surface area contributed by atoms with Crippen LogP contribution in [0.3, 0.4) is 0 Å². The lowest BCUT2D eigenvalue weighted by molar-refractivity contribution is 0.00252. The van der Waals surface area contributed by atoms with Crippen molar-refractivity contribution in [3.8, 4) is 0 Å². The van der Waals surface area contributed by atoms with Crippen LogP contribution in [0.1, 0.15) is 58.3 Å². The van der Waals surface area contributed by atoms with E-state index in [0.29, 0.717) is 6.04 Å². The van der Waals surface area contributed by atoms with E-state index in [1.807, 2.05) is 0 Å². The normalized spacial score (nSPS) is 39.0. The maximum absolute atomic E-state index is 10.2. The van der Waals surface area contributed by atoms with Gasteiger partial charge in [0, 0.05) is 6.04 Å². The summed E-state index contributed by atoms with van der Waals surface area (Å²) in [5.74, 6) is 0.804. The molecule has 1 saturated carbocycles. The number of likely N-dealkylation sites (tertiary alicyclic amines) is 1. The van der Waals surface area contributed by atoms with Crippen molar-refractivity contribution in [2.45, 2.75) is 70.4 Å². The van der Waals surface area contributed by atoms with Crippen LogP contribution in [0.5, 0.6) is 0 Å². The van der Waals surface area contributed by atoms with Crippen molar-refractivity contribution in [2.24, 2.45) is 5.92 Å². The van der Waals surface area contributed by atoms with Crippen LogP contribution in [-0.4, -0.2) is 35.2 Å².